The lowest BCUT2D eigenvalue weighted by atomic mass is 10.1. The normalized spacial score (nSPS) is 10.6. The molecular weight excluding hydrogens is 362 g/mol. The molecule has 0 bridgehead atoms. The summed E-state index contributed by atoms with van der Waals surface area (Å²) in [5, 5.41) is 11.3. The number of nitrogens with zero attached hydrogens (tertiary/aromatic N) is 2. The zero-order valence-corrected chi connectivity index (χ0v) is 13.9. The molecule has 0 fully saturated rings. The molecule has 1 aromatic heterocycles. The van der Waals surface area contributed by atoms with E-state index in [1.54, 1.807) is 6.92 Å². The summed E-state index contributed by atoms with van der Waals surface area (Å²) in [6.07, 6.45) is 0. The number of esters is 1. The molecule has 2 aromatic carbocycles. The highest BCUT2D eigenvalue weighted by Gasteiger charge is 2.28. The Bertz CT molecular complexity index is 1010. The molecule has 1 heterocycles. The third-order valence-electron chi connectivity index (χ3n) is 3.55. The Morgan fingerprint density at radius 3 is 2.52 bits per heavy atom. The summed E-state index contributed by atoms with van der Waals surface area (Å²) in [5.41, 5.74) is -0.731. The first-order valence-electron chi connectivity index (χ1n) is 7.79. The molecule has 0 spiro atoms. The van der Waals surface area contributed by atoms with Crippen molar-refractivity contribution in [2.75, 3.05) is 6.61 Å². The monoisotopic (exact) mass is 374 g/mol. The van der Waals surface area contributed by atoms with Crippen LogP contribution in [0.4, 0.5) is 14.5 Å². The minimum atomic E-state index is -0.877. The SMILES string of the molecule is CCOC(=O)c1nc(-c2cc(F)cc(F)c2)oc1-c1ccccc1[N+](=O)[O-]. The fourth-order valence-corrected chi connectivity index (χ4v) is 2.47. The number of nitro benzene ring substituents is 1. The molecule has 0 amide bonds. The highest BCUT2D eigenvalue weighted by Crippen LogP contribution is 2.35. The van der Waals surface area contributed by atoms with Gasteiger partial charge in [-0.25, -0.2) is 18.6 Å². The van der Waals surface area contributed by atoms with E-state index in [-0.39, 0.29) is 40.8 Å². The van der Waals surface area contributed by atoms with E-state index >= 15 is 0 Å². The molecule has 0 aliphatic carbocycles. The summed E-state index contributed by atoms with van der Waals surface area (Å²) >= 11 is 0. The number of hydrogen-bond acceptors (Lipinski definition) is 6. The fourth-order valence-electron chi connectivity index (χ4n) is 2.47. The summed E-state index contributed by atoms with van der Waals surface area (Å²) in [7, 11) is 0. The topological polar surface area (TPSA) is 95.5 Å². The van der Waals surface area contributed by atoms with Gasteiger partial charge in [-0.2, -0.15) is 0 Å². The van der Waals surface area contributed by atoms with Crippen LogP contribution in [0.25, 0.3) is 22.8 Å². The Morgan fingerprint density at radius 2 is 1.89 bits per heavy atom. The van der Waals surface area contributed by atoms with Crippen molar-refractivity contribution in [3.63, 3.8) is 0 Å². The standard InChI is InChI=1S/C18H12F2N2O5/c1-2-26-18(23)15-16(13-5-3-4-6-14(13)22(24)25)27-17(21-15)10-7-11(19)9-12(20)8-10/h3-9H,2H2,1H3. The number of carbonyl (C=O) groups is 1. The zero-order chi connectivity index (χ0) is 19.6. The van der Waals surface area contributed by atoms with E-state index in [0.29, 0.717) is 6.07 Å². The Balaban J connectivity index is 2.22. The second-order valence-corrected chi connectivity index (χ2v) is 5.35. The van der Waals surface area contributed by atoms with Gasteiger partial charge in [0, 0.05) is 17.7 Å². The second-order valence-electron chi connectivity index (χ2n) is 5.35. The van der Waals surface area contributed by atoms with Gasteiger partial charge in [-0.15, -0.1) is 0 Å². The summed E-state index contributed by atoms with van der Waals surface area (Å²) in [6.45, 7) is 1.61. The summed E-state index contributed by atoms with van der Waals surface area (Å²) in [4.78, 5) is 26.8. The first kappa shape index (κ1) is 18.2. The van der Waals surface area contributed by atoms with Crippen molar-refractivity contribution in [2.24, 2.45) is 0 Å². The quantitative estimate of drug-likeness (QED) is 0.374. The van der Waals surface area contributed by atoms with Crippen LogP contribution in [0.1, 0.15) is 17.4 Å². The van der Waals surface area contributed by atoms with Crippen LogP contribution in [0.2, 0.25) is 0 Å². The maximum atomic E-state index is 13.5. The molecule has 0 aliphatic heterocycles. The Labute approximate surface area is 151 Å². The molecule has 9 heteroatoms. The molecule has 0 radical (unpaired) electrons. The van der Waals surface area contributed by atoms with E-state index in [4.69, 9.17) is 9.15 Å². The van der Waals surface area contributed by atoms with Crippen LogP contribution < -0.4 is 0 Å². The highest BCUT2D eigenvalue weighted by molar-refractivity contribution is 5.95. The molecular formula is C18H12F2N2O5. The first-order valence-corrected chi connectivity index (χ1v) is 7.79. The molecule has 3 aromatic rings. The van der Waals surface area contributed by atoms with Gasteiger partial charge in [-0.05, 0) is 25.1 Å². The van der Waals surface area contributed by atoms with Gasteiger partial charge in [0.1, 0.15) is 11.6 Å². The molecule has 27 heavy (non-hydrogen) atoms. The van der Waals surface area contributed by atoms with E-state index in [1.165, 1.54) is 24.3 Å². The van der Waals surface area contributed by atoms with Gasteiger partial charge >= 0.3 is 5.97 Å². The van der Waals surface area contributed by atoms with E-state index in [0.717, 1.165) is 12.1 Å². The lowest BCUT2D eigenvalue weighted by Crippen LogP contribution is -2.07. The van der Waals surface area contributed by atoms with Gasteiger partial charge in [-0.1, -0.05) is 12.1 Å². The van der Waals surface area contributed by atoms with E-state index in [1.807, 2.05) is 0 Å². The van der Waals surface area contributed by atoms with Crippen molar-refractivity contribution in [3.05, 3.63) is 69.9 Å². The van der Waals surface area contributed by atoms with Crippen LogP contribution >= 0.6 is 0 Å². The predicted octanol–water partition coefficient (Wildman–Crippen LogP) is 4.37. The number of hydrogen-bond donors (Lipinski definition) is 0. The summed E-state index contributed by atoms with van der Waals surface area (Å²) < 4.78 is 37.4. The first-order chi connectivity index (χ1) is 12.9. The van der Waals surface area contributed by atoms with Crippen LogP contribution in [-0.2, 0) is 4.74 Å². The van der Waals surface area contributed by atoms with Gasteiger partial charge < -0.3 is 9.15 Å². The molecule has 7 nitrogen and oxygen atoms in total. The summed E-state index contributed by atoms with van der Waals surface area (Å²) in [5.74, 6) is -3.11. The number of ether oxygens (including phenoxy) is 1. The lowest BCUT2D eigenvalue weighted by molar-refractivity contribution is -0.384. The Hall–Kier alpha value is -3.62. The molecule has 0 saturated heterocycles. The van der Waals surface area contributed by atoms with Gasteiger partial charge in [0.2, 0.25) is 5.89 Å². The fraction of sp³-hybridized carbons (Fsp3) is 0.111. The van der Waals surface area contributed by atoms with Crippen LogP contribution in [0, 0.1) is 21.7 Å². The zero-order valence-electron chi connectivity index (χ0n) is 13.9. The minimum Gasteiger partial charge on any atom is -0.461 e. The number of aromatic nitrogens is 1. The molecule has 0 aliphatic rings. The minimum absolute atomic E-state index is 0.0128. The number of oxazole rings is 1. The van der Waals surface area contributed by atoms with Crippen LogP contribution in [0.3, 0.4) is 0 Å². The number of para-hydroxylation sites is 1. The number of halogens is 2. The van der Waals surface area contributed by atoms with Crippen molar-refractivity contribution in [1.82, 2.24) is 4.98 Å². The lowest BCUT2D eigenvalue weighted by Gasteiger charge is -2.02. The number of nitro groups is 1. The number of rotatable bonds is 5. The van der Waals surface area contributed by atoms with Crippen LogP contribution in [0.5, 0.6) is 0 Å². The van der Waals surface area contributed by atoms with Crippen LogP contribution in [-0.4, -0.2) is 22.5 Å². The Morgan fingerprint density at radius 1 is 1.22 bits per heavy atom. The highest BCUT2D eigenvalue weighted by atomic mass is 19.1. The third-order valence-corrected chi connectivity index (χ3v) is 3.55. The largest absolute Gasteiger partial charge is 0.461 e. The van der Waals surface area contributed by atoms with Crippen molar-refractivity contribution in [2.45, 2.75) is 6.92 Å². The maximum Gasteiger partial charge on any atom is 0.361 e. The second kappa shape index (κ2) is 7.32. The predicted molar refractivity (Wildman–Crippen MR) is 89.9 cm³/mol. The number of benzene rings is 2. The van der Waals surface area contributed by atoms with Crippen molar-refractivity contribution < 1.29 is 27.7 Å². The van der Waals surface area contributed by atoms with Crippen molar-refractivity contribution in [1.29, 1.82) is 0 Å². The third kappa shape index (κ3) is 3.66. The Kier molecular flexibility index (Phi) is 4.93. The molecule has 3 rings (SSSR count). The van der Waals surface area contributed by atoms with Crippen LogP contribution in [0.15, 0.2) is 46.9 Å². The smallest absolute Gasteiger partial charge is 0.361 e. The molecule has 0 N–H and O–H groups in total. The average molecular weight is 374 g/mol. The maximum absolute atomic E-state index is 13.5. The van der Waals surface area contributed by atoms with Crippen molar-refractivity contribution >= 4 is 11.7 Å². The van der Waals surface area contributed by atoms with Gasteiger partial charge in [-0.3, -0.25) is 10.1 Å². The van der Waals surface area contributed by atoms with Crippen molar-refractivity contribution in [3.8, 4) is 22.8 Å². The van der Waals surface area contributed by atoms with E-state index in [9.17, 15) is 23.7 Å². The summed E-state index contributed by atoms with van der Waals surface area (Å²) in [6, 6.07) is 8.17. The van der Waals surface area contributed by atoms with E-state index in [2.05, 4.69) is 4.98 Å². The van der Waals surface area contributed by atoms with Gasteiger partial charge in [0.15, 0.2) is 11.5 Å². The van der Waals surface area contributed by atoms with Gasteiger partial charge in [0.25, 0.3) is 5.69 Å². The van der Waals surface area contributed by atoms with Gasteiger partial charge in [0.05, 0.1) is 17.1 Å². The molecule has 0 atom stereocenters. The number of carbonyl (C=O) groups excluding carboxylic acids is 1. The van der Waals surface area contributed by atoms with E-state index < -0.39 is 22.5 Å². The molecule has 0 saturated carbocycles. The molecule has 0 unspecified atom stereocenters. The molecule has 138 valence electrons. The average Bonchev–Trinajstić information content (AvgIpc) is 3.06.